The standard InChI is InChI=1S/C17H25N3O3S/c1-6-8-22-19-14-11-20(16(21)23-17(3,4)5)10-13(12(14)2)15-18-7-9-24-15/h6-7,9,13,19H,1,8,10-11H2,2-5H3. The minimum Gasteiger partial charge on any atom is -0.444 e. The van der Waals surface area contributed by atoms with Gasteiger partial charge in [-0.15, -0.1) is 17.9 Å². The summed E-state index contributed by atoms with van der Waals surface area (Å²) in [6.07, 6.45) is 3.11. The lowest BCUT2D eigenvalue weighted by molar-refractivity contribution is 0.0205. The lowest BCUT2D eigenvalue weighted by Gasteiger charge is -2.35. The zero-order valence-electron chi connectivity index (χ0n) is 14.7. The number of carbonyl (C=O) groups excluding carboxylic acids is 1. The number of nitrogens with one attached hydrogen (secondary N) is 1. The summed E-state index contributed by atoms with van der Waals surface area (Å²) >= 11 is 1.58. The van der Waals surface area contributed by atoms with E-state index in [1.807, 2.05) is 33.1 Å². The van der Waals surface area contributed by atoms with Crippen molar-refractivity contribution in [1.82, 2.24) is 15.4 Å². The Labute approximate surface area is 147 Å². The maximum Gasteiger partial charge on any atom is 0.410 e. The fourth-order valence-electron chi connectivity index (χ4n) is 2.38. The molecule has 1 aromatic rings. The van der Waals surface area contributed by atoms with E-state index < -0.39 is 5.60 Å². The van der Waals surface area contributed by atoms with Gasteiger partial charge < -0.3 is 9.64 Å². The number of thiazole rings is 1. The smallest absolute Gasteiger partial charge is 0.410 e. The second kappa shape index (κ2) is 7.81. The minimum absolute atomic E-state index is 0.0288. The van der Waals surface area contributed by atoms with Gasteiger partial charge in [-0.25, -0.2) is 9.78 Å². The van der Waals surface area contributed by atoms with E-state index in [0.29, 0.717) is 19.7 Å². The van der Waals surface area contributed by atoms with Crippen molar-refractivity contribution in [2.75, 3.05) is 19.7 Å². The molecule has 0 bridgehead atoms. The summed E-state index contributed by atoms with van der Waals surface area (Å²) in [6.45, 7) is 12.6. The molecule has 1 aliphatic heterocycles. The van der Waals surface area contributed by atoms with Gasteiger partial charge >= 0.3 is 6.09 Å². The molecule has 1 amide bonds. The monoisotopic (exact) mass is 351 g/mol. The number of carbonyl (C=O) groups is 1. The van der Waals surface area contributed by atoms with E-state index in [9.17, 15) is 4.79 Å². The van der Waals surface area contributed by atoms with Crippen molar-refractivity contribution in [3.63, 3.8) is 0 Å². The van der Waals surface area contributed by atoms with Crippen molar-refractivity contribution in [3.8, 4) is 0 Å². The zero-order valence-corrected chi connectivity index (χ0v) is 15.5. The highest BCUT2D eigenvalue weighted by atomic mass is 32.1. The van der Waals surface area contributed by atoms with Crippen LogP contribution in [-0.2, 0) is 9.57 Å². The van der Waals surface area contributed by atoms with E-state index >= 15 is 0 Å². The quantitative estimate of drug-likeness (QED) is 0.500. The molecule has 0 saturated carbocycles. The SMILES string of the molecule is C=CCONC1=C(C)C(c2nccs2)CN(C(=O)OC(C)(C)C)C1. The van der Waals surface area contributed by atoms with Gasteiger partial charge in [0.2, 0.25) is 0 Å². The fourth-order valence-corrected chi connectivity index (χ4v) is 3.18. The first kappa shape index (κ1) is 18.5. The average molecular weight is 351 g/mol. The lowest BCUT2D eigenvalue weighted by atomic mass is 9.95. The molecule has 24 heavy (non-hydrogen) atoms. The Morgan fingerprint density at radius 2 is 2.33 bits per heavy atom. The van der Waals surface area contributed by atoms with Crippen LogP contribution in [0.4, 0.5) is 4.79 Å². The van der Waals surface area contributed by atoms with Crippen LogP contribution in [0.15, 0.2) is 35.5 Å². The van der Waals surface area contributed by atoms with Gasteiger partial charge in [0.15, 0.2) is 0 Å². The number of hydrogen-bond acceptors (Lipinski definition) is 6. The van der Waals surface area contributed by atoms with E-state index in [4.69, 9.17) is 9.57 Å². The van der Waals surface area contributed by atoms with Crippen LogP contribution < -0.4 is 5.48 Å². The summed E-state index contributed by atoms with van der Waals surface area (Å²) in [7, 11) is 0. The van der Waals surface area contributed by atoms with Crippen molar-refractivity contribution >= 4 is 17.4 Å². The number of ether oxygens (including phenoxy) is 1. The molecule has 132 valence electrons. The molecule has 2 rings (SSSR count). The van der Waals surface area contributed by atoms with E-state index in [-0.39, 0.29) is 12.0 Å². The van der Waals surface area contributed by atoms with Gasteiger partial charge in [0.25, 0.3) is 0 Å². The topological polar surface area (TPSA) is 63.7 Å². The number of nitrogens with zero attached hydrogens (tertiary/aromatic N) is 2. The maximum absolute atomic E-state index is 12.5. The van der Waals surface area contributed by atoms with Crippen LogP contribution >= 0.6 is 11.3 Å². The van der Waals surface area contributed by atoms with E-state index in [0.717, 1.165) is 16.3 Å². The van der Waals surface area contributed by atoms with Crippen LogP contribution in [0.2, 0.25) is 0 Å². The van der Waals surface area contributed by atoms with E-state index in [1.165, 1.54) is 0 Å². The van der Waals surface area contributed by atoms with Crippen molar-refractivity contribution < 1.29 is 14.4 Å². The summed E-state index contributed by atoms with van der Waals surface area (Å²) in [5, 5.41) is 2.92. The molecule has 0 fully saturated rings. The molecule has 0 saturated heterocycles. The molecule has 1 unspecified atom stereocenters. The Hall–Kier alpha value is -1.86. The van der Waals surface area contributed by atoms with E-state index in [2.05, 4.69) is 17.0 Å². The summed E-state index contributed by atoms with van der Waals surface area (Å²) in [5.74, 6) is 0.0288. The second-order valence-corrected chi connectivity index (χ2v) is 7.57. The molecular formula is C17H25N3O3S. The summed E-state index contributed by atoms with van der Waals surface area (Å²) in [4.78, 5) is 24.0. The highest BCUT2D eigenvalue weighted by Crippen LogP contribution is 2.32. The highest BCUT2D eigenvalue weighted by Gasteiger charge is 2.33. The second-order valence-electron chi connectivity index (χ2n) is 6.65. The van der Waals surface area contributed by atoms with E-state index in [1.54, 1.807) is 28.5 Å². The average Bonchev–Trinajstić information content (AvgIpc) is 3.01. The first-order valence-electron chi connectivity index (χ1n) is 7.87. The van der Waals surface area contributed by atoms with Crippen LogP contribution in [0.3, 0.4) is 0 Å². The van der Waals surface area contributed by atoms with Crippen LogP contribution in [0.5, 0.6) is 0 Å². The maximum atomic E-state index is 12.5. The number of rotatable bonds is 5. The van der Waals surface area contributed by atoms with Crippen LogP contribution in [0, 0.1) is 0 Å². The minimum atomic E-state index is -0.531. The number of aromatic nitrogens is 1. The predicted octanol–water partition coefficient (Wildman–Crippen LogP) is 3.46. The number of hydrogen-bond donors (Lipinski definition) is 1. The molecule has 1 atom stereocenters. The number of amides is 1. The molecule has 0 aromatic carbocycles. The molecule has 7 heteroatoms. The molecule has 2 heterocycles. The van der Waals surface area contributed by atoms with Crippen LogP contribution in [0.25, 0.3) is 0 Å². The fraction of sp³-hybridized carbons (Fsp3) is 0.529. The molecule has 1 aromatic heterocycles. The molecule has 6 nitrogen and oxygen atoms in total. The molecular weight excluding hydrogens is 326 g/mol. The third-order valence-electron chi connectivity index (χ3n) is 3.55. The summed E-state index contributed by atoms with van der Waals surface area (Å²) < 4.78 is 5.51. The molecule has 0 aliphatic carbocycles. The third-order valence-corrected chi connectivity index (χ3v) is 4.44. The predicted molar refractivity (Wildman–Crippen MR) is 94.6 cm³/mol. The normalized spacial score (nSPS) is 18.5. The van der Waals surface area contributed by atoms with Crippen LogP contribution in [-0.4, -0.2) is 41.3 Å². The van der Waals surface area contributed by atoms with Gasteiger partial charge in [-0.2, -0.15) is 0 Å². The van der Waals surface area contributed by atoms with Gasteiger partial charge in [-0.3, -0.25) is 10.3 Å². The van der Waals surface area contributed by atoms with Gasteiger partial charge in [0, 0.05) is 18.1 Å². The van der Waals surface area contributed by atoms with Gasteiger partial charge in [0.05, 0.1) is 24.8 Å². The lowest BCUT2D eigenvalue weighted by Crippen LogP contribution is -2.45. The Bertz CT molecular complexity index is 605. The Kier molecular flexibility index (Phi) is 6.01. The first-order chi connectivity index (χ1) is 11.3. The number of hydroxylamine groups is 1. The Morgan fingerprint density at radius 1 is 1.58 bits per heavy atom. The van der Waals surface area contributed by atoms with Crippen molar-refractivity contribution in [3.05, 3.63) is 40.5 Å². The summed E-state index contributed by atoms with van der Waals surface area (Å²) in [5.41, 5.74) is 4.39. The van der Waals surface area contributed by atoms with Crippen molar-refractivity contribution in [2.45, 2.75) is 39.2 Å². The Balaban J connectivity index is 2.21. The van der Waals surface area contributed by atoms with Crippen LogP contribution in [0.1, 0.15) is 38.6 Å². The summed E-state index contributed by atoms with van der Waals surface area (Å²) in [6, 6.07) is 0. The molecule has 0 radical (unpaired) electrons. The van der Waals surface area contributed by atoms with Gasteiger partial charge in [-0.05, 0) is 33.3 Å². The van der Waals surface area contributed by atoms with Crippen molar-refractivity contribution in [2.24, 2.45) is 0 Å². The van der Waals surface area contributed by atoms with Gasteiger partial charge in [-0.1, -0.05) is 6.08 Å². The third kappa shape index (κ3) is 4.82. The zero-order chi connectivity index (χ0) is 17.7. The highest BCUT2D eigenvalue weighted by molar-refractivity contribution is 7.09. The molecule has 1 aliphatic rings. The Morgan fingerprint density at radius 3 is 2.92 bits per heavy atom. The van der Waals surface area contributed by atoms with Gasteiger partial charge in [0.1, 0.15) is 10.6 Å². The largest absolute Gasteiger partial charge is 0.444 e. The molecule has 1 N–H and O–H groups in total. The van der Waals surface area contributed by atoms with Crippen molar-refractivity contribution in [1.29, 1.82) is 0 Å². The molecule has 0 spiro atoms. The first-order valence-corrected chi connectivity index (χ1v) is 8.75.